The molecule has 2 aromatic carbocycles. The first-order valence-electron chi connectivity index (χ1n) is 13.1. The molecule has 4 rings (SSSR count). The van der Waals surface area contributed by atoms with Gasteiger partial charge >= 0.3 is 0 Å². The molecule has 0 unspecified atom stereocenters. The van der Waals surface area contributed by atoms with Crippen LogP contribution in [-0.2, 0) is 9.59 Å². The maximum absolute atomic E-state index is 13.6. The molecule has 0 bridgehead atoms. The first-order valence-corrected chi connectivity index (χ1v) is 13.1. The number of para-hydroxylation sites is 1. The van der Waals surface area contributed by atoms with Crippen molar-refractivity contribution in [3.8, 4) is 28.8 Å². The lowest BCUT2D eigenvalue weighted by molar-refractivity contribution is -0.140. The highest BCUT2D eigenvalue weighted by atomic mass is 16.5. The van der Waals surface area contributed by atoms with Gasteiger partial charge < -0.3 is 4.74 Å². The maximum atomic E-state index is 13.6. The largest absolute Gasteiger partial charge is 0.489 e. The Labute approximate surface area is 229 Å². The summed E-state index contributed by atoms with van der Waals surface area (Å²) in [7, 11) is 0. The van der Waals surface area contributed by atoms with Crippen molar-refractivity contribution in [2.45, 2.75) is 40.0 Å². The highest BCUT2D eigenvalue weighted by Crippen LogP contribution is 2.33. The molecule has 2 amide bonds. The predicted molar refractivity (Wildman–Crippen MR) is 152 cm³/mol. The minimum atomic E-state index is -0.529. The Bertz CT molecular complexity index is 1510. The number of unbranched alkanes of at least 4 members (excludes halogenated alkanes) is 2. The maximum Gasteiger partial charge on any atom is 0.271 e. The normalized spacial score (nSPS) is 14.6. The van der Waals surface area contributed by atoms with Crippen LogP contribution in [0.15, 0.2) is 84.1 Å². The van der Waals surface area contributed by atoms with Crippen molar-refractivity contribution in [1.29, 1.82) is 5.26 Å². The van der Waals surface area contributed by atoms with E-state index in [2.05, 4.69) is 13.5 Å². The van der Waals surface area contributed by atoms with Crippen molar-refractivity contribution < 1.29 is 14.3 Å². The molecule has 0 saturated carbocycles. The van der Waals surface area contributed by atoms with Crippen molar-refractivity contribution in [2.24, 2.45) is 0 Å². The molecule has 1 aliphatic rings. The van der Waals surface area contributed by atoms with E-state index in [0.29, 0.717) is 35.4 Å². The monoisotopic (exact) mass is 520 g/mol. The average molecular weight is 521 g/mol. The van der Waals surface area contributed by atoms with Gasteiger partial charge in [-0.3, -0.25) is 14.5 Å². The van der Waals surface area contributed by atoms with E-state index in [4.69, 9.17) is 9.84 Å². The summed E-state index contributed by atoms with van der Waals surface area (Å²) in [5.74, 6) is -0.170. The van der Waals surface area contributed by atoms with Gasteiger partial charge in [0.25, 0.3) is 11.8 Å². The van der Waals surface area contributed by atoms with Crippen molar-refractivity contribution in [2.75, 3.05) is 13.2 Å². The number of nitriles is 1. The number of amides is 2. The summed E-state index contributed by atoms with van der Waals surface area (Å²) in [6, 6.07) is 17.5. The van der Waals surface area contributed by atoms with E-state index in [0.717, 1.165) is 35.4 Å². The fourth-order valence-corrected chi connectivity index (χ4v) is 4.55. The van der Waals surface area contributed by atoms with Crippen molar-refractivity contribution >= 4 is 17.9 Å². The average Bonchev–Trinajstić information content (AvgIpc) is 3.37. The van der Waals surface area contributed by atoms with E-state index in [1.165, 1.54) is 4.90 Å². The highest BCUT2D eigenvalue weighted by Gasteiger charge is 2.35. The van der Waals surface area contributed by atoms with E-state index < -0.39 is 11.8 Å². The lowest BCUT2D eigenvalue weighted by Crippen LogP contribution is -2.43. The number of hydrogen-bond acceptors (Lipinski definition) is 5. The van der Waals surface area contributed by atoms with E-state index in [1.807, 2.05) is 67.7 Å². The Morgan fingerprint density at radius 3 is 2.51 bits per heavy atom. The second kappa shape index (κ2) is 12.2. The van der Waals surface area contributed by atoms with E-state index >= 15 is 0 Å². The summed E-state index contributed by atoms with van der Waals surface area (Å²) >= 11 is 0. The molecule has 0 N–H and O–H groups in total. The smallest absolute Gasteiger partial charge is 0.271 e. The van der Waals surface area contributed by atoms with Crippen LogP contribution in [0, 0.1) is 18.3 Å². The summed E-state index contributed by atoms with van der Waals surface area (Å²) in [6.45, 7) is 10.1. The number of carbonyl (C=O) groups excluding carboxylic acids is 2. The van der Waals surface area contributed by atoms with Gasteiger partial charge in [-0.25, -0.2) is 4.68 Å². The molecular weight excluding hydrogens is 488 g/mol. The Hall–Kier alpha value is -4.70. The number of carbonyl (C=O) groups is 2. The molecule has 0 atom stereocenters. The standard InChI is InChI=1S/C32H32N4O3/c1-5-7-11-16-35-31(37)27(23(4)28(20-33)32(35)38)19-25-21-36(26-12-9-8-10-13-26)34-30(25)24-14-15-29(22(3)18-24)39-17-6-2/h6,8-10,12-15,18-19,21H,2,5,7,11,16-17H2,1,3-4H3/b27-19+. The minimum Gasteiger partial charge on any atom is -0.489 e. The zero-order valence-electron chi connectivity index (χ0n) is 22.6. The predicted octanol–water partition coefficient (Wildman–Crippen LogP) is 6.20. The van der Waals surface area contributed by atoms with Crippen LogP contribution in [0.1, 0.15) is 44.2 Å². The fraction of sp³-hybridized carbons (Fsp3) is 0.250. The van der Waals surface area contributed by atoms with Crippen LogP contribution in [0.4, 0.5) is 0 Å². The third-order valence-electron chi connectivity index (χ3n) is 6.68. The molecule has 1 aliphatic heterocycles. The van der Waals surface area contributed by atoms with Gasteiger partial charge in [-0.2, -0.15) is 10.4 Å². The van der Waals surface area contributed by atoms with Gasteiger partial charge in [0.05, 0.1) is 11.4 Å². The van der Waals surface area contributed by atoms with Crippen LogP contribution in [0.3, 0.4) is 0 Å². The van der Waals surface area contributed by atoms with Crippen molar-refractivity contribution in [1.82, 2.24) is 14.7 Å². The zero-order chi connectivity index (χ0) is 27.9. The number of nitrogens with zero attached hydrogens (tertiary/aromatic N) is 4. The van der Waals surface area contributed by atoms with Crippen LogP contribution in [0.2, 0.25) is 0 Å². The van der Waals surface area contributed by atoms with Gasteiger partial charge in [0.15, 0.2) is 0 Å². The third-order valence-corrected chi connectivity index (χ3v) is 6.68. The zero-order valence-corrected chi connectivity index (χ0v) is 22.6. The molecule has 0 aliphatic carbocycles. The van der Waals surface area contributed by atoms with Crippen LogP contribution in [0.5, 0.6) is 5.75 Å². The van der Waals surface area contributed by atoms with Gasteiger partial charge in [-0.1, -0.05) is 50.6 Å². The summed E-state index contributed by atoms with van der Waals surface area (Å²) in [5.41, 5.74) is 4.70. The first-order chi connectivity index (χ1) is 18.9. The van der Waals surface area contributed by atoms with Gasteiger partial charge in [0.2, 0.25) is 0 Å². The Morgan fingerprint density at radius 1 is 1.08 bits per heavy atom. The van der Waals surface area contributed by atoms with Crippen molar-refractivity contribution in [3.05, 3.63) is 95.2 Å². The quantitative estimate of drug-likeness (QED) is 0.138. The van der Waals surface area contributed by atoms with E-state index in [9.17, 15) is 14.9 Å². The molecule has 1 aromatic heterocycles. The van der Waals surface area contributed by atoms with E-state index in [-0.39, 0.29) is 12.1 Å². The number of aromatic nitrogens is 2. The molecule has 198 valence electrons. The topological polar surface area (TPSA) is 88.2 Å². The second-order valence-corrected chi connectivity index (χ2v) is 9.43. The van der Waals surface area contributed by atoms with Crippen molar-refractivity contribution in [3.63, 3.8) is 0 Å². The number of benzene rings is 2. The Kier molecular flexibility index (Phi) is 8.57. The molecule has 0 radical (unpaired) electrons. The summed E-state index contributed by atoms with van der Waals surface area (Å²) < 4.78 is 7.51. The number of hydrogen-bond donors (Lipinski definition) is 0. The number of aryl methyl sites for hydroxylation is 1. The summed E-state index contributed by atoms with van der Waals surface area (Å²) in [4.78, 5) is 27.7. The number of rotatable bonds is 10. The van der Waals surface area contributed by atoms with Crippen LogP contribution < -0.4 is 4.74 Å². The Morgan fingerprint density at radius 2 is 1.85 bits per heavy atom. The molecule has 2 heterocycles. The molecule has 0 spiro atoms. The molecule has 7 nitrogen and oxygen atoms in total. The molecule has 39 heavy (non-hydrogen) atoms. The molecule has 0 fully saturated rings. The Balaban J connectivity index is 1.85. The first kappa shape index (κ1) is 27.3. The van der Waals surface area contributed by atoms with Gasteiger partial charge in [0, 0.05) is 29.4 Å². The van der Waals surface area contributed by atoms with Crippen LogP contribution in [-0.4, -0.2) is 39.6 Å². The third kappa shape index (κ3) is 5.75. The summed E-state index contributed by atoms with van der Waals surface area (Å²) in [5, 5.41) is 14.6. The highest BCUT2D eigenvalue weighted by molar-refractivity contribution is 6.19. The molecule has 3 aromatic rings. The van der Waals surface area contributed by atoms with Crippen LogP contribution >= 0.6 is 0 Å². The molecule has 7 heteroatoms. The SMILES string of the molecule is C=CCOc1ccc(-c2nn(-c3ccccc3)cc2/C=C2/C(=O)N(CCCCC)C(=O)C(C#N)=C2C)cc1C. The summed E-state index contributed by atoms with van der Waals surface area (Å²) in [6.07, 6.45) is 7.84. The fourth-order valence-electron chi connectivity index (χ4n) is 4.55. The number of ether oxygens (including phenoxy) is 1. The lowest BCUT2D eigenvalue weighted by atomic mass is 9.93. The van der Waals surface area contributed by atoms with Gasteiger partial charge in [0.1, 0.15) is 24.0 Å². The second-order valence-electron chi connectivity index (χ2n) is 9.43. The van der Waals surface area contributed by atoms with Gasteiger partial charge in [-0.05, 0) is 67.8 Å². The number of imide groups is 1. The van der Waals surface area contributed by atoms with Gasteiger partial charge in [-0.15, -0.1) is 0 Å². The molecular formula is C32H32N4O3. The minimum absolute atomic E-state index is 0.00563. The van der Waals surface area contributed by atoms with Crippen LogP contribution in [0.25, 0.3) is 23.0 Å². The lowest BCUT2D eigenvalue weighted by Gasteiger charge is -2.27. The van der Waals surface area contributed by atoms with E-state index in [1.54, 1.807) is 23.8 Å². The molecule has 0 saturated heterocycles.